The molecule has 0 spiro atoms. The molecule has 0 fully saturated rings. The van der Waals surface area contributed by atoms with Gasteiger partial charge in [0.25, 0.3) is 5.91 Å². The Hall–Kier alpha value is -2.53. The van der Waals surface area contributed by atoms with Gasteiger partial charge in [-0.3, -0.25) is 15.4 Å². The van der Waals surface area contributed by atoms with Crippen LogP contribution in [-0.4, -0.2) is 40.1 Å². The van der Waals surface area contributed by atoms with Crippen molar-refractivity contribution >= 4 is 50.9 Å². The summed E-state index contributed by atoms with van der Waals surface area (Å²) in [7, 11) is 0. The number of anilines is 2. The van der Waals surface area contributed by atoms with Crippen molar-refractivity contribution in [3.05, 3.63) is 22.1 Å². The Balaban J connectivity index is 1.95. The van der Waals surface area contributed by atoms with E-state index in [1.165, 1.54) is 10.8 Å². The molecule has 2 N–H and O–H groups in total. The van der Waals surface area contributed by atoms with Crippen LogP contribution in [0.4, 0.5) is 15.1 Å². The molecule has 0 saturated carbocycles. The number of hydrogen-bond acceptors (Lipinski definition) is 9. The molecule has 0 radical (unpaired) electrons. The fraction of sp³-hybridized carbons (Fsp3) is 0.400. The molecule has 2 rings (SSSR count). The molecule has 9 nitrogen and oxygen atoms in total. The van der Waals surface area contributed by atoms with Crippen LogP contribution in [0.1, 0.15) is 48.7 Å². The van der Waals surface area contributed by atoms with Crippen LogP contribution in [0.15, 0.2) is 10.8 Å². The fourth-order valence-electron chi connectivity index (χ4n) is 1.62. The third kappa shape index (κ3) is 5.77. The van der Waals surface area contributed by atoms with Crippen molar-refractivity contribution < 1.29 is 23.9 Å². The Morgan fingerprint density at radius 1 is 1.04 bits per heavy atom. The van der Waals surface area contributed by atoms with E-state index < -0.39 is 23.6 Å². The highest BCUT2D eigenvalue weighted by Crippen LogP contribution is 2.20. The van der Waals surface area contributed by atoms with Crippen molar-refractivity contribution in [3.63, 3.8) is 0 Å². The van der Waals surface area contributed by atoms with E-state index in [-0.39, 0.29) is 28.3 Å². The van der Waals surface area contributed by atoms with Gasteiger partial charge in [-0.25, -0.2) is 19.6 Å². The minimum atomic E-state index is -0.655. The Bertz CT molecular complexity index is 809. The first-order valence-electron chi connectivity index (χ1n) is 7.57. The van der Waals surface area contributed by atoms with Crippen molar-refractivity contribution in [2.24, 2.45) is 0 Å². The van der Waals surface area contributed by atoms with Crippen LogP contribution in [0, 0.1) is 0 Å². The molecule has 0 aromatic carbocycles. The molecule has 0 aliphatic rings. The number of hydrogen-bond donors (Lipinski definition) is 2. The largest absolute Gasteiger partial charge is 0.461 e. The summed E-state index contributed by atoms with van der Waals surface area (Å²) in [6.45, 7) is 7.16. The summed E-state index contributed by atoms with van der Waals surface area (Å²) in [4.78, 5) is 43.5. The van der Waals surface area contributed by atoms with Crippen molar-refractivity contribution in [1.29, 1.82) is 0 Å². The highest BCUT2D eigenvalue weighted by atomic mass is 32.1. The van der Waals surface area contributed by atoms with Gasteiger partial charge in [0.05, 0.1) is 6.61 Å². The van der Waals surface area contributed by atoms with Gasteiger partial charge in [-0.2, -0.15) is 0 Å². The normalized spacial score (nSPS) is 10.9. The third-order valence-corrected chi connectivity index (χ3v) is 4.07. The number of nitrogens with one attached hydrogen (secondary N) is 2. The summed E-state index contributed by atoms with van der Waals surface area (Å²) in [5.41, 5.74) is -0.408. The lowest BCUT2D eigenvalue weighted by Crippen LogP contribution is -2.27. The van der Waals surface area contributed by atoms with Crippen LogP contribution in [0.3, 0.4) is 0 Å². The second-order valence-corrected chi connectivity index (χ2v) is 7.59. The van der Waals surface area contributed by atoms with Crippen LogP contribution in [0.2, 0.25) is 0 Å². The van der Waals surface area contributed by atoms with E-state index in [0.717, 1.165) is 22.7 Å². The number of aromatic nitrogens is 2. The highest BCUT2D eigenvalue weighted by Gasteiger charge is 2.19. The van der Waals surface area contributed by atoms with Gasteiger partial charge in [-0.15, -0.1) is 22.7 Å². The zero-order valence-corrected chi connectivity index (χ0v) is 16.2. The molecule has 2 aromatic rings. The molecule has 2 aromatic heterocycles. The quantitative estimate of drug-likeness (QED) is 0.741. The Morgan fingerprint density at radius 2 is 1.62 bits per heavy atom. The summed E-state index contributed by atoms with van der Waals surface area (Å²) >= 11 is 2.18. The topological polar surface area (TPSA) is 120 Å². The van der Waals surface area contributed by atoms with E-state index in [0.29, 0.717) is 0 Å². The molecule has 11 heteroatoms. The van der Waals surface area contributed by atoms with Crippen LogP contribution < -0.4 is 10.6 Å². The monoisotopic (exact) mass is 398 g/mol. The molecule has 26 heavy (non-hydrogen) atoms. The molecule has 140 valence electrons. The summed E-state index contributed by atoms with van der Waals surface area (Å²) in [6.07, 6.45) is -0.655. The number of thiazole rings is 2. The zero-order chi connectivity index (χ0) is 19.3. The van der Waals surface area contributed by atoms with E-state index in [2.05, 4.69) is 20.6 Å². The molecule has 2 heterocycles. The molecule has 0 bridgehead atoms. The lowest BCUT2D eigenvalue weighted by molar-refractivity contribution is 0.0519. The Labute approximate surface area is 157 Å². The van der Waals surface area contributed by atoms with Gasteiger partial charge in [-0.1, -0.05) is 0 Å². The summed E-state index contributed by atoms with van der Waals surface area (Å²) in [5.74, 6) is -1.06. The van der Waals surface area contributed by atoms with Crippen molar-refractivity contribution in [2.75, 3.05) is 17.2 Å². The van der Waals surface area contributed by atoms with E-state index in [9.17, 15) is 14.4 Å². The maximum Gasteiger partial charge on any atom is 0.413 e. The molecular formula is C15H18N4O5S2. The summed E-state index contributed by atoms with van der Waals surface area (Å²) in [5, 5.41) is 8.46. The van der Waals surface area contributed by atoms with Crippen molar-refractivity contribution in [2.45, 2.75) is 33.3 Å². The average molecular weight is 398 g/mol. The maximum absolute atomic E-state index is 12.2. The zero-order valence-electron chi connectivity index (χ0n) is 14.6. The summed E-state index contributed by atoms with van der Waals surface area (Å²) < 4.78 is 9.95. The fourth-order valence-corrected chi connectivity index (χ4v) is 2.97. The van der Waals surface area contributed by atoms with Gasteiger partial charge < -0.3 is 9.47 Å². The number of amides is 2. The first-order chi connectivity index (χ1) is 12.2. The lowest BCUT2D eigenvalue weighted by Gasteiger charge is -2.18. The highest BCUT2D eigenvalue weighted by molar-refractivity contribution is 7.14. The van der Waals surface area contributed by atoms with E-state index in [1.807, 2.05) is 0 Å². The lowest BCUT2D eigenvalue weighted by atomic mass is 10.2. The second-order valence-electron chi connectivity index (χ2n) is 5.88. The predicted octanol–water partition coefficient (Wildman–Crippen LogP) is 3.38. The van der Waals surface area contributed by atoms with Gasteiger partial charge in [0.2, 0.25) is 0 Å². The van der Waals surface area contributed by atoms with Crippen LogP contribution in [0.25, 0.3) is 0 Å². The van der Waals surface area contributed by atoms with Crippen LogP contribution >= 0.6 is 22.7 Å². The predicted molar refractivity (Wildman–Crippen MR) is 98.0 cm³/mol. The van der Waals surface area contributed by atoms with Gasteiger partial charge in [0.15, 0.2) is 16.0 Å². The number of rotatable bonds is 5. The molecular weight excluding hydrogens is 380 g/mol. The molecule has 0 atom stereocenters. The molecule has 0 unspecified atom stereocenters. The van der Waals surface area contributed by atoms with Gasteiger partial charge in [0.1, 0.15) is 11.3 Å². The first-order valence-corrected chi connectivity index (χ1v) is 9.33. The average Bonchev–Trinajstić information content (AvgIpc) is 3.15. The minimum Gasteiger partial charge on any atom is -0.461 e. The van der Waals surface area contributed by atoms with Crippen molar-refractivity contribution in [1.82, 2.24) is 9.97 Å². The van der Waals surface area contributed by atoms with Gasteiger partial charge >= 0.3 is 12.1 Å². The van der Waals surface area contributed by atoms with Gasteiger partial charge in [0, 0.05) is 10.8 Å². The Kier molecular flexibility index (Phi) is 6.27. The van der Waals surface area contributed by atoms with Gasteiger partial charge in [-0.05, 0) is 27.7 Å². The molecule has 0 saturated heterocycles. The second kappa shape index (κ2) is 8.23. The number of carbonyl (C=O) groups excluding carboxylic acids is 3. The SMILES string of the molecule is CCOC(=O)c1csc(NC(=O)c2csc(NC(=O)OC(C)(C)C)n2)n1. The minimum absolute atomic E-state index is 0.106. The van der Waals surface area contributed by atoms with E-state index >= 15 is 0 Å². The molecule has 0 aliphatic heterocycles. The van der Waals surface area contributed by atoms with Crippen LogP contribution in [0.5, 0.6) is 0 Å². The number of ether oxygens (including phenoxy) is 2. The maximum atomic E-state index is 12.2. The number of nitrogens with zero attached hydrogens (tertiary/aromatic N) is 2. The van der Waals surface area contributed by atoms with Crippen LogP contribution in [-0.2, 0) is 9.47 Å². The Morgan fingerprint density at radius 3 is 2.23 bits per heavy atom. The van der Waals surface area contributed by atoms with Crippen molar-refractivity contribution in [3.8, 4) is 0 Å². The standard InChI is InChI=1S/C15H18N4O5S2/c1-5-23-11(21)9-7-26-12(17-9)18-10(20)8-6-25-13(16-8)19-14(22)24-15(2,3)4/h6-7H,5H2,1-4H3,(H,16,19,22)(H,17,18,20). The smallest absolute Gasteiger partial charge is 0.413 e. The molecule has 0 aliphatic carbocycles. The number of carbonyl (C=O) groups is 3. The van der Waals surface area contributed by atoms with E-state index in [1.54, 1.807) is 27.7 Å². The molecule has 2 amide bonds. The third-order valence-electron chi connectivity index (χ3n) is 2.55. The first kappa shape index (κ1) is 19.8. The summed E-state index contributed by atoms with van der Waals surface area (Å²) in [6, 6.07) is 0. The number of esters is 1. The van der Waals surface area contributed by atoms with E-state index in [4.69, 9.17) is 9.47 Å².